The highest BCUT2D eigenvalue weighted by Gasteiger charge is 2.54. The maximum Gasteiger partial charge on any atom is 0.308 e. The molecule has 0 aliphatic heterocycles. The van der Waals surface area contributed by atoms with Crippen LogP contribution in [-0.4, -0.2) is 30.8 Å². The van der Waals surface area contributed by atoms with Crippen LogP contribution in [-0.2, 0) is 14.3 Å². The zero-order valence-electron chi connectivity index (χ0n) is 18.1. The van der Waals surface area contributed by atoms with Gasteiger partial charge in [0, 0.05) is 17.5 Å². The molecule has 1 aromatic carbocycles. The van der Waals surface area contributed by atoms with E-state index in [1.54, 1.807) is 12.1 Å². The van der Waals surface area contributed by atoms with Gasteiger partial charge in [0.15, 0.2) is 12.4 Å². The van der Waals surface area contributed by atoms with Crippen molar-refractivity contribution in [2.75, 3.05) is 13.2 Å². The number of amides is 1. The van der Waals surface area contributed by atoms with Gasteiger partial charge >= 0.3 is 5.97 Å². The van der Waals surface area contributed by atoms with Gasteiger partial charge in [-0.05, 0) is 67.8 Å². The van der Waals surface area contributed by atoms with E-state index in [2.05, 4.69) is 19.2 Å². The molecule has 1 amide bonds. The van der Waals surface area contributed by atoms with E-state index in [4.69, 9.17) is 4.74 Å². The maximum absolute atomic E-state index is 12.9. The quantitative estimate of drug-likeness (QED) is 0.512. The van der Waals surface area contributed by atoms with Crippen LogP contribution in [0.2, 0.25) is 0 Å². The Labute approximate surface area is 178 Å². The van der Waals surface area contributed by atoms with Crippen LogP contribution in [0.5, 0.6) is 0 Å². The molecule has 0 saturated heterocycles. The summed E-state index contributed by atoms with van der Waals surface area (Å²) in [5, 5.41) is 2.98. The van der Waals surface area contributed by atoms with Crippen molar-refractivity contribution in [3.8, 4) is 0 Å². The van der Waals surface area contributed by atoms with Gasteiger partial charge in [-0.15, -0.1) is 0 Å². The summed E-state index contributed by atoms with van der Waals surface area (Å²) in [4.78, 5) is 37.1. The van der Waals surface area contributed by atoms with Gasteiger partial charge in [-0.1, -0.05) is 38.1 Å². The number of rotatable bonds is 8. The SMILES string of the molecule is CC(C)c1ccc(C(=O)COC(=O)CCNC(=O)C23CC4CC(CC(C4)C2)C3)cc1. The number of hydrogen-bond donors (Lipinski definition) is 1. The highest BCUT2D eigenvalue weighted by Crippen LogP contribution is 2.60. The first-order valence-corrected chi connectivity index (χ1v) is 11.4. The molecule has 4 fully saturated rings. The third-order valence-corrected chi connectivity index (χ3v) is 7.40. The summed E-state index contributed by atoms with van der Waals surface area (Å²) >= 11 is 0. The first kappa shape index (κ1) is 21.1. The number of esters is 1. The van der Waals surface area contributed by atoms with Crippen molar-refractivity contribution in [2.45, 2.75) is 64.7 Å². The van der Waals surface area contributed by atoms with Gasteiger partial charge in [-0.2, -0.15) is 0 Å². The number of carbonyl (C=O) groups is 3. The second-order valence-corrected chi connectivity index (χ2v) is 10.1. The van der Waals surface area contributed by atoms with E-state index in [0.717, 1.165) is 19.3 Å². The van der Waals surface area contributed by atoms with Gasteiger partial charge in [0.05, 0.1) is 6.42 Å². The molecule has 162 valence electrons. The van der Waals surface area contributed by atoms with Crippen molar-refractivity contribution in [3.05, 3.63) is 35.4 Å². The molecule has 4 bridgehead atoms. The Morgan fingerprint density at radius 2 is 1.57 bits per heavy atom. The van der Waals surface area contributed by atoms with E-state index in [9.17, 15) is 14.4 Å². The Morgan fingerprint density at radius 3 is 2.10 bits per heavy atom. The largest absolute Gasteiger partial charge is 0.457 e. The molecular weight excluding hydrogens is 378 g/mol. The van der Waals surface area contributed by atoms with Crippen LogP contribution in [0.25, 0.3) is 0 Å². The molecule has 0 heterocycles. The number of benzene rings is 1. The van der Waals surface area contributed by atoms with Crippen LogP contribution in [0.4, 0.5) is 0 Å². The number of ether oxygens (including phenoxy) is 1. The topological polar surface area (TPSA) is 72.5 Å². The number of carbonyl (C=O) groups excluding carboxylic acids is 3. The highest BCUT2D eigenvalue weighted by molar-refractivity contribution is 5.98. The summed E-state index contributed by atoms with van der Waals surface area (Å²) in [6, 6.07) is 7.41. The van der Waals surface area contributed by atoms with Gasteiger partial charge in [0.2, 0.25) is 5.91 Å². The van der Waals surface area contributed by atoms with Gasteiger partial charge in [-0.25, -0.2) is 0 Å². The van der Waals surface area contributed by atoms with E-state index >= 15 is 0 Å². The summed E-state index contributed by atoms with van der Waals surface area (Å²) in [6.45, 7) is 4.21. The summed E-state index contributed by atoms with van der Waals surface area (Å²) in [6.07, 6.45) is 7.03. The normalized spacial score (nSPS) is 29.1. The standard InChI is InChI=1S/C25H33NO4/c1-16(2)20-3-5-21(6-4-20)22(27)15-30-23(28)7-8-26-24(29)25-12-17-9-18(13-25)11-19(10-17)14-25/h3-6,16-19H,7-15H2,1-2H3,(H,26,29). The average Bonchev–Trinajstić information content (AvgIpc) is 2.71. The molecule has 0 spiro atoms. The number of ketones is 1. The minimum Gasteiger partial charge on any atom is -0.457 e. The minimum absolute atomic E-state index is 0.0949. The third kappa shape index (κ3) is 4.45. The van der Waals surface area contributed by atoms with Crippen LogP contribution >= 0.6 is 0 Å². The van der Waals surface area contributed by atoms with Gasteiger partial charge in [0.25, 0.3) is 0 Å². The molecule has 1 N–H and O–H groups in total. The van der Waals surface area contributed by atoms with Crippen LogP contribution in [0, 0.1) is 23.2 Å². The maximum atomic E-state index is 12.9. The third-order valence-electron chi connectivity index (χ3n) is 7.40. The number of hydrogen-bond acceptors (Lipinski definition) is 4. The summed E-state index contributed by atoms with van der Waals surface area (Å²) in [7, 11) is 0. The lowest BCUT2D eigenvalue weighted by Crippen LogP contribution is -2.53. The molecule has 4 aliphatic carbocycles. The minimum atomic E-state index is -0.451. The fraction of sp³-hybridized carbons (Fsp3) is 0.640. The Balaban J connectivity index is 1.19. The van der Waals surface area contributed by atoms with Crippen molar-refractivity contribution in [2.24, 2.45) is 23.2 Å². The number of Topliss-reactive ketones (excluding diaryl/α,β-unsaturated/α-hetero) is 1. The summed E-state index contributed by atoms with van der Waals surface area (Å²) < 4.78 is 5.13. The molecule has 0 atom stereocenters. The van der Waals surface area contributed by atoms with Crippen LogP contribution in [0.1, 0.15) is 80.6 Å². The zero-order chi connectivity index (χ0) is 21.3. The van der Waals surface area contributed by atoms with Crippen molar-refractivity contribution < 1.29 is 19.1 Å². The Bertz CT molecular complexity index is 776. The van der Waals surface area contributed by atoms with Gasteiger partial charge in [0.1, 0.15) is 0 Å². The molecule has 0 aromatic heterocycles. The van der Waals surface area contributed by atoms with E-state index in [0.29, 0.717) is 29.2 Å². The summed E-state index contributed by atoms with van der Waals surface area (Å²) in [5.74, 6) is 2.01. The van der Waals surface area contributed by atoms with E-state index in [1.807, 2.05) is 12.1 Å². The molecule has 4 aliphatic rings. The Kier molecular flexibility index (Phi) is 5.99. The average molecular weight is 412 g/mol. The van der Waals surface area contributed by atoms with E-state index in [1.165, 1.54) is 24.8 Å². The lowest BCUT2D eigenvalue weighted by molar-refractivity contribution is -0.147. The monoisotopic (exact) mass is 411 g/mol. The first-order valence-electron chi connectivity index (χ1n) is 11.4. The fourth-order valence-electron chi connectivity index (χ4n) is 6.21. The Hall–Kier alpha value is -2.17. The molecule has 5 rings (SSSR count). The second kappa shape index (κ2) is 8.52. The van der Waals surface area contributed by atoms with Crippen molar-refractivity contribution in [3.63, 3.8) is 0 Å². The predicted molar refractivity (Wildman–Crippen MR) is 114 cm³/mol. The Morgan fingerprint density at radius 1 is 1.00 bits per heavy atom. The first-order chi connectivity index (χ1) is 14.3. The highest BCUT2D eigenvalue weighted by atomic mass is 16.5. The fourth-order valence-corrected chi connectivity index (χ4v) is 6.21. The van der Waals surface area contributed by atoms with E-state index in [-0.39, 0.29) is 36.7 Å². The molecule has 5 nitrogen and oxygen atoms in total. The molecule has 30 heavy (non-hydrogen) atoms. The summed E-state index contributed by atoms with van der Waals surface area (Å²) in [5.41, 5.74) is 1.51. The molecule has 0 unspecified atom stereocenters. The zero-order valence-corrected chi connectivity index (χ0v) is 18.1. The predicted octanol–water partition coefficient (Wildman–Crippen LogP) is 4.26. The molecular formula is C25H33NO4. The molecule has 4 saturated carbocycles. The van der Waals surface area contributed by atoms with E-state index < -0.39 is 5.97 Å². The molecule has 0 radical (unpaired) electrons. The lowest BCUT2D eigenvalue weighted by Gasteiger charge is -2.55. The lowest BCUT2D eigenvalue weighted by atomic mass is 9.49. The van der Waals surface area contributed by atoms with Crippen LogP contribution in [0.15, 0.2) is 24.3 Å². The smallest absolute Gasteiger partial charge is 0.308 e. The van der Waals surface area contributed by atoms with Crippen LogP contribution in [0.3, 0.4) is 0 Å². The van der Waals surface area contributed by atoms with Gasteiger partial charge in [-0.3, -0.25) is 14.4 Å². The molecule has 5 heteroatoms. The van der Waals surface area contributed by atoms with Gasteiger partial charge < -0.3 is 10.1 Å². The van der Waals surface area contributed by atoms with Crippen LogP contribution < -0.4 is 5.32 Å². The number of nitrogens with one attached hydrogen (secondary N) is 1. The second-order valence-electron chi connectivity index (χ2n) is 10.1. The van der Waals surface area contributed by atoms with Crippen molar-refractivity contribution >= 4 is 17.7 Å². The molecule has 1 aromatic rings. The van der Waals surface area contributed by atoms with Crippen molar-refractivity contribution in [1.82, 2.24) is 5.32 Å². The van der Waals surface area contributed by atoms with Crippen molar-refractivity contribution in [1.29, 1.82) is 0 Å².